The van der Waals surface area contributed by atoms with Crippen molar-refractivity contribution in [2.75, 3.05) is 5.32 Å². The third kappa shape index (κ3) is 4.17. The molecule has 2 N–H and O–H groups in total. The number of benzene rings is 1. The Morgan fingerprint density at radius 2 is 2.09 bits per heavy atom. The van der Waals surface area contributed by atoms with Gasteiger partial charge in [0.1, 0.15) is 22.9 Å². The molecule has 10 nitrogen and oxygen atoms in total. The number of hydrogen-bond acceptors (Lipinski definition) is 8. The molecule has 3 heterocycles. The molecule has 1 atom stereocenters. The molecule has 0 bridgehead atoms. The second kappa shape index (κ2) is 8.10. The van der Waals surface area contributed by atoms with Gasteiger partial charge in [-0.25, -0.2) is 14.8 Å². The summed E-state index contributed by atoms with van der Waals surface area (Å²) in [5.74, 6) is -0.639. The largest absolute Gasteiger partial charge is 0.438 e. The number of thiazole rings is 1. The zero-order valence-corrected chi connectivity index (χ0v) is 18.7. The third-order valence-corrected chi connectivity index (χ3v) is 5.91. The zero-order chi connectivity index (χ0) is 24.8. The number of nitriles is 1. The highest BCUT2D eigenvalue weighted by molar-refractivity contribution is 7.14. The number of nitrogens with one attached hydrogen (secondary N) is 2. The Hall–Kier alpha value is -3.99. The lowest BCUT2D eigenvalue weighted by Crippen LogP contribution is -2.37. The molecule has 0 unspecified atom stereocenters. The monoisotopic (exact) mass is 491 g/mol. The molecule has 1 aromatic carbocycles. The van der Waals surface area contributed by atoms with E-state index in [1.54, 1.807) is 6.92 Å². The normalized spacial score (nSPS) is 15.5. The van der Waals surface area contributed by atoms with Crippen LogP contribution in [0.5, 0.6) is 0 Å². The molecule has 34 heavy (non-hydrogen) atoms. The maximum absolute atomic E-state index is 13.6. The first-order chi connectivity index (χ1) is 15.9. The van der Waals surface area contributed by atoms with E-state index in [0.29, 0.717) is 16.1 Å². The fraction of sp³-hybridized carbons (Fsp3) is 0.300. The minimum absolute atomic E-state index is 0.00899. The van der Waals surface area contributed by atoms with Crippen LogP contribution in [0.3, 0.4) is 0 Å². The molecule has 4 rings (SSSR count). The average Bonchev–Trinajstić information content (AvgIpc) is 3.40. The summed E-state index contributed by atoms with van der Waals surface area (Å²) in [4.78, 5) is 33.7. The number of fused-ring (bicyclic) bond motifs is 1. The van der Waals surface area contributed by atoms with Gasteiger partial charge in [0.05, 0.1) is 29.1 Å². The topological polar surface area (TPSA) is 135 Å². The van der Waals surface area contributed by atoms with Crippen molar-refractivity contribution < 1.29 is 27.5 Å². The number of nitrogens with zero attached hydrogens (tertiary/aromatic N) is 5. The number of rotatable bonds is 4. The molecule has 1 aliphatic heterocycles. The number of carbonyl (C=O) groups is 2. The Balaban J connectivity index is 1.71. The third-order valence-electron chi connectivity index (χ3n) is 5.03. The zero-order valence-electron chi connectivity index (χ0n) is 17.9. The van der Waals surface area contributed by atoms with Crippen LogP contribution >= 0.6 is 11.3 Å². The SMILES string of the molecule is C[C@H](NC(=O)c1cc(C(F)(F)F)cc2c1NC(=O)OC2(C)C)c1ncnn1-c1ncc(C#N)s1. The van der Waals surface area contributed by atoms with Crippen molar-refractivity contribution in [1.82, 2.24) is 25.1 Å². The van der Waals surface area contributed by atoms with Crippen molar-refractivity contribution in [2.24, 2.45) is 0 Å². The van der Waals surface area contributed by atoms with Gasteiger partial charge in [-0.3, -0.25) is 10.1 Å². The first kappa shape index (κ1) is 23.2. The Morgan fingerprint density at radius 3 is 2.74 bits per heavy atom. The maximum Gasteiger partial charge on any atom is 0.416 e. The quantitative estimate of drug-likeness (QED) is 0.565. The van der Waals surface area contributed by atoms with E-state index in [9.17, 15) is 22.8 Å². The summed E-state index contributed by atoms with van der Waals surface area (Å²) in [5.41, 5.74) is -2.91. The van der Waals surface area contributed by atoms with Gasteiger partial charge in [-0.15, -0.1) is 0 Å². The Morgan fingerprint density at radius 1 is 1.35 bits per heavy atom. The summed E-state index contributed by atoms with van der Waals surface area (Å²) in [6.07, 6.45) is -3.05. The molecule has 0 radical (unpaired) electrons. The molecular formula is C20H16F3N7O3S. The summed E-state index contributed by atoms with van der Waals surface area (Å²) in [6.45, 7) is 4.42. The summed E-state index contributed by atoms with van der Waals surface area (Å²) in [5, 5.41) is 18.3. The molecule has 0 spiro atoms. The molecule has 176 valence electrons. The van der Waals surface area contributed by atoms with Crippen LogP contribution in [-0.2, 0) is 16.5 Å². The van der Waals surface area contributed by atoms with E-state index >= 15 is 0 Å². The number of alkyl halides is 3. The molecule has 3 aromatic rings. The van der Waals surface area contributed by atoms with Crippen LogP contribution in [0.1, 0.15) is 59.0 Å². The average molecular weight is 491 g/mol. The Kier molecular flexibility index (Phi) is 5.52. The minimum Gasteiger partial charge on any atom is -0.438 e. The number of aromatic nitrogens is 4. The van der Waals surface area contributed by atoms with E-state index in [2.05, 4.69) is 25.7 Å². The molecule has 0 saturated heterocycles. The van der Waals surface area contributed by atoms with Gasteiger partial charge in [0, 0.05) is 5.56 Å². The summed E-state index contributed by atoms with van der Waals surface area (Å²) < 4.78 is 47.2. The first-order valence-corrected chi connectivity index (χ1v) is 10.5. The van der Waals surface area contributed by atoms with Gasteiger partial charge in [0.25, 0.3) is 5.91 Å². The van der Waals surface area contributed by atoms with E-state index in [1.807, 2.05) is 6.07 Å². The molecule has 0 aliphatic carbocycles. The Labute approximate surface area is 194 Å². The number of hydrogen-bond donors (Lipinski definition) is 2. The van der Waals surface area contributed by atoms with Crippen molar-refractivity contribution in [3.63, 3.8) is 0 Å². The lowest BCUT2D eigenvalue weighted by molar-refractivity contribution is -0.137. The minimum atomic E-state index is -4.74. The van der Waals surface area contributed by atoms with Crippen molar-refractivity contribution >= 4 is 29.0 Å². The van der Waals surface area contributed by atoms with Crippen molar-refractivity contribution in [3.8, 4) is 11.2 Å². The predicted molar refractivity (Wildman–Crippen MR) is 112 cm³/mol. The number of carbonyl (C=O) groups excluding carboxylic acids is 2. The van der Waals surface area contributed by atoms with Crippen LogP contribution < -0.4 is 10.6 Å². The second-order valence-corrected chi connectivity index (χ2v) is 8.82. The highest BCUT2D eigenvalue weighted by Crippen LogP contribution is 2.42. The van der Waals surface area contributed by atoms with Gasteiger partial charge < -0.3 is 10.1 Å². The van der Waals surface area contributed by atoms with Gasteiger partial charge in [-0.05, 0) is 32.9 Å². The van der Waals surface area contributed by atoms with Crippen LogP contribution in [-0.4, -0.2) is 31.7 Å². The number of cyclic esters (lactones) is 1. The lowest BCUT2D eigenvalue weighted by atomic mass is 9.89. The number of amides is 2. The smallest absolute Gasteiger partial charge is 0.416 e. The van der Waals surface area contributed by atoms with Gasteiger partial charge in [-0.1, -0.05) is 11.3 Å². The summed E-state index contributed by atoms with van der Waals surface area (Å²) in [6, 6.07) is 2.66. The van der Waals surface area contributed by atoms with Crippen LogP contribution in [0.15, 0.2) is 24.7 Å². The van der Waals surface area contributed by atoms with Gasteiger partial charge >= 0.3 is 12.3 Å². The van der Waals surface area contributed by atoms with Crippen LogP contribution in [0, 0.1) is 11.3 Å². The highest BCUT2D eigenvalue weighted by Gasteiger charge is 2.40. The van der Waals surface area contributed by atoms with Crippen LogP contribution in [0.2, 0.25) is 0 Å². The van der Waals surface area contributed by atoms with E-state index < -0.39 is 35.4 Å². The molecule has 2 aromatic heterocycles. The first-order valence-electron chi connectivity index (χ1n) is 9.73. The second-order valence-electron chi connectivity index (χ2n) is 7.81. The van der Waals surface area contributed by atoms with Crippen molar-refractivity contribution in [1.29, 1.82) is 5.26 Å². The van der Waals surface area contributed by atoms with E-state index in [0.717, 1.165) is 17.4 Å². The molecule has 0 fully saturated rings. The summed E-state index contributed by atoms with van der Waals surface area (Å²) in [7, 11) is 0. The maximum atomic E-state index is 13.6. The van der Waals surface area contributed by atoms with Crippen LogP contribution in [0.4, 0.5) is 23.7 Å². The highest BCUT2D eigenvalue weighted by atomic mass is 32.1. The van der Waals surface area contributed by atoms with E-state index in [4.69, 9.17) is 10.00 Å². The standard InChI is InChI=1S/C20H16F3N7O3S/c1-9(15-26-8-27-30(15)17-25-7-11(6-24)34-17)28-16(31)12-4-10(20(21,22)23)5-13-14(12)29-18(32)33-19(13,2)3/h4-5,7-9H,1-3H3,(H,28,31)(H,29,32)/t9-/m0/s1. The molecule has 0 saturated carbocycles. The Bertz CT molecular complexity index is 1340. The van der Waals surface area contributed by atoms with Crippen molar-refractivity contribution in [3.05, 3.63) is 52.0 Å². The van der Waals surface area contributed by atoms with E-state index in [1.165, 1.54) is 31.1 Å². The van der Waals surface area contributed by atoms with Crippen molar-refractivity contribution in [2.45, 2.75) is 38.6 Å². The van der Waals surface area contributed by atoms with E-state index in [-0.39, 0.29) is 22.6 Å². The fourth-order valence-electron chi connectivity index (χ4n) is 3.46. The molecule has 1 aliphatic rings. The fourth-order valence-corrected chi connectivity index (χ4v) is 4.14. The number of anilines is 1. The van der Waals surface area contributed by atoms with Gasteiger partial charge in [0.15, 0.2) is 5.82 Å². The molecule has 14 heteroatoms. The number of halogens is 3. The lowest BCUT2D eigenvalue weighted by Gasteiger charge is -2.34. The molecule has 2 amide bonds. The van der Waals surface area contributed by atoms with Gasteiger partial charge in [0.2, 0.25) is 5.13 Å². The number of ether oxygens (including phenoxy) is 1. The van der Waals surface area contributed by atoms with Gasteiger partial charge in [-0.2, -0.15) is 28.2 Å². The summed E-state index contributed by atoms with van der Waals surface area (Å²) >= 11 is 1.05. The predicted octanol–water partition coefficient (Wildman–Crippen LogP) is 3.90. The molecular weight excluding hydrogens is 475 g/mol. The van der Waals surface area contributed by atoms with Crippen LogP contribution in [0.25, 0.3) is 5.13 Å².